The summed E-state index contributed by atoms with van der Waals surface area (Å²) in [5.74, 6) is 0. The number of rotatable bonds is 4. The molecule has 4 rings (SSSR count). The van der Waals surface area contributed by atoms with Crippen LogP contribution in [-0.2, 0) is 16.5 Å². The number of para-hydroxylation sites is 1. The Labute approximate surface area is 154 Å². The number of hydrogen-bond acceptors (Lipinski definition) is 7. The highest BCUT2D eigenvalue weighted by molar-refractivity contribution is 7.86. The van der Waals surface area contributed by atoms with Crippen molar-refractivity contribution < 1.29 is 13.0 Å². The molecule has 1 aromatic heterocycles. The van der Waals surface area contributed by atoms with Gasteiger partial charge >= 0.3 is 0 Å². The highest BCUT2D eigenvalue weighted by Crippen LogP contribution is 2.40. The molecule has 3 aromatic rings. The van der Waals surface area contributed by atoms with Crippen LogP contribution in [0.15, 0.2) is 69.2 Å². The van der Waals surface area contributed by atoms with Crippen LogP contribution in [0.25, 0.3) is 0 Å². The van der Waals surface area contributed by atoms with E-state index in [9.17, 15) is 13.0 Å². The van der Waals surface area contributed by atoms with Crippen LogP contribution in [0.2, 0.25) is 0 Å². The van der Waals surface area contributed by atoms with Crippen LogP contribution >= 0.6 is 11.3 Å². The molecule has 0 amide bonds. The Morgan fingerprint density at radius 1 is 1.15 bits per heavy atom. The van der Waals surface area contributed by atoms with Crippen molar-refractivity contribution >= 4 is 43.6 Å². The molecule has 0 aliphatic carbocycles. The fourth-order valence-corrected chi connectivity index (χ4v) is 4.01. The lowest BCUT2D eigenvalue weighted by atomic mass is 10.1. The molecule has 132 valence electrons. The molecule has 7 nitrogen and oxygen atoms in total. The maximum atomic E-state index is 11.9. The van der Waals surface area contributed by atoms with Crippen LogP contribution in [0.1, 0.15) is 5.56 Å². The fourth-order valence-electron chi connectivity index (χ4n) is 2.93. The lowest BCUT2D eigenvalue weighted by Gasteiger charge is -2.20. The van der Waals surface area contributed by atoms with Gasteiger partial charge in [-0.1, -0.05) is 18.2 Å². The monoisotopic (exact) mass is 386 g/mol. The number of anilines is 2. The molecule has 2 heterocycles. The Kier molecular flexibility index (Phi) is 4.27. The van der Waals surface area contributed by atoms with Crippen LogP contribution < -0.4 is 4.90 Å². The van der Waals surface area contributed by atoms with Gasteiger partial charge in [0.2, 0.25) is 5.13 Å². The van der Waals surface area contributed by atoms with Crippen molar-refractivity contribution in [3.8, 4) is 0 Å². The predicted molar refractivity (Wildman–Crippen MR) is 99.7 cm³/mol. The highest BCUT2D eigenvalue weighted by atomic mass is 32.2. The highest BCUT2D eigenvalue weighted by Gasteiger charge is 2.26. The van der Waals surface area contributed by atoms with Crippen molar-refractivity contribution in [2.24, 2.45) is 10.2 Å². The van der Waals surface area contributed by atoms with Crippen molar-refractivity contribution in [2.75, 3.05) is 11.4 Å². The van der Waals surface area contributed by atoms with Crippen LogP contribution in [0.4, 0.5) is 22.2 Å². The maximum Gasteiger partial charge on any atom is 0.296 e. The quantitative estimate of drug-likeness (QED) is 0.526. The number of fused-ring (bicyclic) bond motifs is 1. The minimum Gasteiger partial charge on any atom is -0.341 e. The molecule has 0 unspecified atom stereocenters. The zero-order valence-corrected chi connectivity index (χ0v) is 15.1. The van der Waals surface area contributed by atoms with E-state index in [-0.39, 0.29) is 10.6 Å². The van der Waals surface area contributed by atoms with E-state index in [4.69, 9.17) is 0 Å². The number of hydrogen-bond donors (Lipinski definition) is 1. The second kappa shape index (κ2) is 6.60. The van der Waals surface area contributed by atoms with E-state index in [1.165, 1.54) is 17.4 Å². The van der Waals surface area contributed by atoms with Gasteiger partial charge in [0.15, 0.2) is 0 Å². The van der Waals surface area contributed by atoms with E-state index >= 15 is 0 Å². The largest absolute Gasteiger partial charge is 0.341 e. The molecule has 1 aliphatic heterocycles. The first kappa shape index (κ1) is 16.8. The molecular weight excluding hydrogens is 372 g/mol. The summed E-state index contributed by atoms with van der Waals surface area (Å²) in [5.41, 5.74) is 2.77. The predicted octanol–water partition coefficient (Wildman–Crippen LogP) is 4.50. The number of benzene rings is 2. The van der Waals surface area contributed by atoms with E-state index in [1.807, 2.05) is 35.2 Å². The molecule has 1 N–H and O–H groups in total. The van der Waals surface area contributed by atoms with Gasteiger partial charge in [-0.25, -0.2) is 4.98 Å². The number of azo groups is 1. The Hall–Kier alpha value is -2.62. The van der Waals surface area contributed by atoms with Gasteiger partial charge in [0, 0.05) is 29.5 Å². The molecule has 0 spiro atoms. The summed E-state index contributed by atoms with van der Waals surface area (Å²) in [7, 11) is -4.45. The van der Waals surface area contributed by atoms with Crippen LogP contribution in [0.3, 0.4) is 0 Å². The summed E-state index contributed by atoms with van der Waals surface area (Å²) in [6.45, 7) is 0.720. The number of nitrogens with zero attached hydrogens (tertiary/aromatic N) is 4. The molecule has 0 saturated heterocycles. The first-order valence-electron chi connectivity index (χ1n) is 7.80. The van der Waals surface area contributed by atoms with E-state index in [0.717, 1.165) is 29.9 Å². The summed E-state index contributed by atoms with van der Waals surface area (Å²) < 4.78 is 33.4. The third-order valence-corrected chi connectivity index (χ3v) is 5.60. The minimum atomic E-state index is -4.45. The molecule has 0 fully saturated rings. The maximum absolute atomic E-state index is 11.9. The Morgan fingerprint density at radius 2 is 1.96 bits per heavy atom. The lowest BCUT2D eigenvalue weighted by molar-refractivity contribution is 0.483. The van der Waals surface area contributed by atoms with Crippen molar-refractivity contribution in [3.05, 3.63) is 59.6 Å². The van der Waals surface area contributed by atoms with Gasteiger partial charge in [-0.15, -0.1) is 21.6 Å². The van der Waals surface area contributed by atoms with E-state index < -0.39 is 10.1 Å². The van der Waals surface area contributed by atoms with Crippen LogP contribution in [-0.4, -0.2) is 24.5 Å². The molecule has 0 radical (unpaired) electrons. The summed E-state index contributed by atoms with van der Waals surface area (Å²) in [4.78, 5) is 5.74. The summed E-state index contributed by atoms with van der Waals surface area (Å²) in [6.07, 6.45) is 2.33. The Morgan fingerprint density at radius 3 is 2.65 bits per heavy atom. The van der Waals surface area contributed by atoms with Gasteiger partial charge in [0.05, 0.1) is 0 Å². The molecule has 0 saturated carbocycles. The zero-order chi connectivity index (χ0) is 18.1. The average Bonchev–Trinajstić information content (AvgIpc) is 3.28. The fraction of sp³-hybridized carbons (Fsp3) is 0.118. The van der Waals surface area contributed by atoms with Gasteiger partial charge in [-0.05, 0) is 36.2 Å². The van der Waals surface area contributed by atoms with Crippen LogP contribution in [0.5, 0.6) is 0 Å². The SMILES string of the molecule is O=S(=O)(O)c1cc2c(cc1N=Nc1nccs1)CCN2c1ccccc1. The Bertz CT molecular complexity index is 1060. The smallest absolute Gasteiger partial charge is 0.296 e. The standard InChI is InChI=1S/C17H14N4O3S2/c22-26(23,24)16-11-15-12(6-8-21(15)13-4-2-1-3-5-13)10-14(16)19-20-17-18-7-9-25-17/h1-5,7,9-11H,6,8H2,(H,22,23,24). The normalized spacial score (nSPS) is 14.1. The summed E-state index contributed by atoms with van der Waals surface area (Å²) in [5, 5.41) is 10.1. The second-order valence-corrected chi connectivity index (χ2v) is 7.94. The minimum absolute atomic E-state index is 0.108. The van der Waals surface area contributed by atoms with E-state index in [1.54, 1.807) is 17.6 Å². The third-order valence-electron chi connectivity index (χ3n) is 4.06. The topological polar surface area (TPSA) is 95.2 Å². The zero-order valence-electron chi connectivity index (χ0n) is 13.5. The lowest BCUT2D eigenvalue weighted by Crippen LogP contribution is -2.13. The molecule has 26 heavy (non-hydrogen) atoms. The first-order valence-corrected chi connectivity index (χ1v) is 10.1. The first-order chi connectivity index (χ1) is 12.5. The van der Waals surface area contributed by atoms with Gasteiger partial charge in [-0.2, -0.15) is 8.42 Å². The van der Waals surface area contributed by atoms with Crippen LogP contribution in [0, 0.1) is 0 Å². The van der Waals surface area contributed by atoms with Crippen molar-refractivity contribution in [2.45, 2.75) is 11.3 Å². The molecule has 2 aromatic carbocycles. The molecule has 0 atom stereocenters. The summed E-state index contributed by atoms with van der Waals surface area (Å²) >= 11 is 1.29. The van der Waals surface area contributed by atoms with Crippen molar-refractivity contribution in [1.29, 1.82) is 0 Å². The molecular formula is C17H14N4O3S2. The molecule has 9 heteroatoms. The van der Waals surface area contributed by atoms with Gasteiger partial charge in [-0.3, -0.25) is 4.55 Å². The number of aromatic nitrogens is 1. The van der Waals surface area contributed by atoms with E-state index in [0.29, 0.717) is 5.13 Å². The van der Waals surface area contributed by atoms with Crippen molar-refractivity contribution in [1.82, 2.24) is 4.98 Å². The summed E-state index contributed by atoms with van der Waals surface area (Å²) in [6, 6.07) is 12.8. The number of thiazole rings is 1. The average molecular weight is 386 g/mol. The van der Waals surface area contributed by atoms with Crippen molar-refractivity contribution in [3.63, 3.8) is 0 Å². The Balaban J connectivity index is 1.81. The molecule has 0 bridgehead atoms. The second-order valence-electron chi connectivity index (χ2n) is 5.68. The van der Waals surface area contributed by atoms with Gasteiger partial charge in [0.1, 0.15) is 10.6 Å². The van der Waals surface area contributed by atoms with Gasteiger partial charge < -0.3 is 4.90 Å². The third kappa shape index (κ3) is 3.24. The molecule has 1 aliphatic rings. The van der Waals surface area contributed by atoms with E-state index in [2.05, 4.69) is 15.2 Å². The van der Waals surface area contributed by atoms with Gasteiger partial charge in [0.25, 0.3) is 10.1 Å².